The minimum atomic E-state index is -0.670. The second-order valence-electron chi connectivity index (χ2n) is 10.9. The number of benzene rings is 4. The predicted octanol–water partition coefficient (Wildman–Crippen LogP) is 7.38. The van der Waals surface area contributed by atoms with E-state index in [1.165, 1.54) is 6.42 Å². The van der Waals surface area contributed by atoms with Gasteiger partial charge in [-0.05, 0) is 63.7 Å². The van der Waals surface area contributed by atoms with Gasteiger partial charge in [0.25, 0.3) is 5.91 Å². The molecular formula is C35H37BrN2O3. The number of amides is 2. The highest BCUT2D eigenvalue weighted by Crippen LogP contribution is 2.33. The van der Waals surface area contributed by atoms with E-state index in [9.17, 15) is 9.59 Å². The lowest BCUT2D eigenvalue weighted by Gasteiger charge is -2.33. The zero-order valence-corrected chi connectivity index (χ0v) is 25.1. The van der Waals surface area contributed by atoms with E-state index in [1.807, 2.05) is 91.9 Å². The van der Waals surface area contributed by atoms with Crippen molar-refractivity contribution in [2.45, 2.75) is 64.1 Å². The van der Waals surface area contributed by atoms with E-state index in [1.54, 1.807) is 4.90 Å². The second-order valence-corrected chi connectivity index (χ2v) is 11.7. The van der Waals surface area contributed by atoms with E-state index >= 15 is 0 Å². The van der Waals surface area contributed by atoms with Crippen LogP contribution in [-0.4, -0.2) is 35.4 Å². The zero-order valence-electron chi connectivity index (χ0n) is 23.5. The number of halogens is 1. The molecule has 5 rings (SSSR count). The molecule has 2 amide bonds. The molecule has 1 aliphatic rings. The average Bonchev–Trinajstić information content (AvgIpc) is 2.99. The fourth-order valence-corrected chi connectivity index (χ4v) is 6.26. The van der Waals surface area contributed by atoms with Gasteiger partial charge in [0, 0.05) is 19.0 Å². The normalized spacial score (nSPS) is 14.4. The monoisotopic (exact) mass is 612 g/mol. The van der Waals surface area contributed by atoms with Crippen LogP contribution in [0.25, 0.3) is 10.8 Å². The van der Waals surface area contributed by atoms with Crippen LogP contribution in [0.15, 0.2) is 95.5 Å². The summed E-state index contributed by atoms with van der Waals surface area (Å²) in [4.78, 5) is 29.7. The van der Waals surface area contributed by atoms with Gasteiger partial charge < -0.3 is 15.0 Å². The summed E-state index contributed by atoms with van der Waals surface area (Å²) >= 11 is 3.67. The first-order valence-electron chi connectivity index (χ1n) is 14.5. The largest absolute Gasteiger partial charge is 0.483 e. The van der Waals surface area contributed by atoms with Crippen molar-refractivity contribution in [1.82, 2.24) is 10.2 Å². The SMILES string of the molecule is Cc1cccc(CN(C(=O)COc2ccc3ccccc3c2Br)[C@@H](Cc2ccccc2)C(=O)NC2CCCCC2)c1. The molecule has 1 aliphatic carbocycles. The summed E-state index contributed by atoms with van der Waals surface area (Å²) in [6, 6.07) is 29.4. The van der Waals surface area contributed by atoms with Crippen LogP contribution in [0.1, 0.15) is 48.8 Å². The summed E-state index contributed by atoms with van der Waals surface area (Å²) < 4.78 is 6.92. The molecule has 5 nitrogen and oxygen atoms in total. The Balaban J connectivity index is 1.43. The molecule has 41 heavy (non-hydrogen) atoms. The lowest BCUT2D eigenvalue weighted by Crippen LogP contribution is -2.53. The fraction of sp³-hybridized carbons (Fsp3) is 0.314. The Kier molecular flexibility index (Phi) is 9.73. The molecule has 0 aromatic heterocycles. The number of nitrogens with zero attached hydrogens (tertiary/aromatic N) is 1. The van der Waals surface area contributed by atoms with Crippen molar-refractivity contribution in [3.8, 4) is 5.75 Å². The topological polar surface area (TPSA) is 58.6 Å². The van der Waals surface area contributed by atoms with Crippen molar-refractivity contribution in [3.05, 3.63) is 112 Å². The highest BCUT2D eigenvalue weighted by Gasteiger charge is 2.32. The molecule has 1 N–H and O–H groups in total. The summed E-state index contributed by atoms with van der Waals surface area (Å²) in [5.41, 5.74) is 3.10. The van der Waals surface area contributed by atoms with Crippen molar-refractivity contribution in [2.75, 3.05) is 6.61 Å². The van der Waals surface area contributed by atoms with Gasteiger partial charge in [-0.2, -0.15) is 0 Å². The molecule has 0 radical (unpaired) electrons. The van der Waals surface area contributed by atoms with Gasteiger partial charge in [-0.3, -0.25) is 9.59 Å². The van der Waals surface area contributed by atoms with E-state index in [0.29, 0.717) is 18.7 Å². The van der Waals surface area contributed by atoms with E-state index < -0.39 is 6.04 Å². The van der Waals surface area contributed by atoms with Crippen LogP contribution in [0, 0.1) is 6.92 Å². The van der Waals surface area contributed by atoms with Gasteiger partial charge in [-0.25, -0.2) is 0 Å². The van der Waals surface area contributed by atoms with Crippen molar-refractivity contribution in [3.63, 3.8) is 0 Å². The Morgan fingerprint density at radius 1 is 0.902 bits per heavy atom. The van der Waals surface area contributed by atoms with Crippen LogP contribution in [0.3, 0.4) is 0 Å². The fourth-order valence-electron chi connectivity index (χ4n) is 5.65. The lowest BCUT2D eigenvalue weighted by molar-refractivity contribution is -0.143. The number of hydrogen-bond acceptors (Lipinski definition) is 3. The molecule has 0 aliphatic heterocycles. The average molecular weight is 614 g/mol. The molecule has 0 spiro atoms. The Bertz CT molecular complexity index is 1480. The molecule has 0 saturated heterocycles. The van der Waals surface area contributed by atoms with Gasteiger partial charge in [-0.1, -0.05) is 110 Å². The third-order valence-corrected chi connectivity index (χ3v) is 8.66. The van der Waals surface area contributed by atoms with Gasteiger partial charge in [0.15, 0.2) is 6.61 Å². The lowest BCUT2D eigenvalue weighted by atomic mass is 9.94. The van der Waals surface area contributed by atoms with Gasteiger partial charge >= 0.3 is 0 Å². The zero-order chi connectivity index (χ0) is 28.6. The molecule has 6 heteroatoms. The second kappa shape index (κ2) is 13.8. The maximum atomic E-state index is 14.0. The van der Waals surface area contributed by atoms with Gasteiger partial charge in [0.05, 0.1) is 4.47 Å². The van der Waals surface area contributed by atoms with E-state index in [2.05, 4.69) is 27.3 Å². The molecule has 1 saturated carbocycles. The molecule has 1 atom stereocenters. The van der Waals surface area contributed by atoms with Crippen molar-refractivity contribution < 1.29 is 14.3 Å². The smallest absolute Gasteiger partial charge is 0.261 e. The molecule has 212 valence electrons. The quantitative estimate of drug-likeness (QED) is 0.203. The number of carbonyl (C=O) groups is 2. The van der Waals surface area contributed by atoms with Crippen LogP contribution in [0.5, 0.6) is 5.75 Å². The predicted molar refractivity (Wildman–Crippen MR) is 168 cm³/mol. The minimum absolute atomic E-state index is 0.103. The Hall–Kier alpha value is -3.64. The number of carbonyl (C=O) groups excluding carboxylic acids is 2. The number of fused-ring (bicyclic) bond motifs is 1. The van der Waals surface area contributed by atoms with Gasteiger partial charge in [0.1, 0.15) is 11.8 Å². The van der Waals surface area contributed by atoms with Crippen LogP contribution >= 0.6 is 15.9 Å². The van der Waals surface area contributed by atoms with Crippen molar-refractivity contribution >= 4 is 38.5 Å². The molecule has 1 fully saturated rings. The molecule has 4 aromatic carbocycles. The molecule has 0 bridgehead atoms. The Morgan fingerprint density at radius 3 is 2.41 bits per heavy atom. The van der Waals surface area contributed by atoms with Crippen LogP contribution in [0.2, 0.25) is 0 Å². The third kappa shape index (κ3) is 7.56. The number of ether oxygens (including phenoxy) is 1. The van der Waals surface area contributed by atoms with E-state index in [0.717, 1.165) is 57.6 Å². The molecule has 0 unspecified atom stereocenters. The number of nitrogens with one attached hydrogen (secondary N) is 1. The van der Waals surface area contributed by atoms with E-state index in [4.69, 9.17) is 4.74 Å². The van der Waals surface area contributed by atoms with Crippen molar-refractivity contribution in [1.29, 1.82) is 0 Å². The minimum Gasteiger partial charge on any atom is -0.483 e. The number of rotatable bonds is 10. The van der Waals surface area contributed by atoms with Crippen LogP contribution in [0.4, 0.5) is 0 Å². The Labute approximate surface area is 251 Å². The summed E-state index contributed by atoms with van der Waals surface area (Å²) in [6.45, 7) is 2.18. The van der Waals surface area contributed by atoms with Crippen molar-refractivity contribution in [2.24, 2.45) is 0 Å². The molecule has 0 heterocycles. The molecular weight excluding hydrogens is 576 g/mol. The number of aryl methyl sites for hydroxylation is 1. The first-order chi connectivity index (χ1) is 20.0. The van der Waals surface area contributed by atoms with Crippen LogP contribution < -0.4 is 10.1 Å². The maximum absolute atomic E-state index is 14.0. The van der Waals surface area contributed by atoms with Gasteiger partial charge in [0.2, 0.25) is 5.91 Å². The summed E-state index contributed by atoms with van der Waals surface area (Å²) in [5, 5.41) is 5.39. The standard InChI is InChI=1S/C35H37BrN2O3/c1-25-11-10-14-27(21-25)23-38(33(39)24-41-32-20-19-28-15-8-9-18-30(28)34(32)36)31(22-26-12-4-2-5-13-26)35(40)37-29-16-6-3-7-17-29/h2,4-5,8-15,18-21,29,31H,3,6-7,16-17,22-24H2,1H3,(H,37,40)/t31-/m0/s1. The molecule has 4 aromatic rings. The third-order valence-electron chi connectivity index (χ3n) is 7.84. The van der Waals surface area contributed by atoms with Gasteiger partial charge in [-0.15, -0.1) is 0 Å². The summed E-state index contributed by atoms with van der Waals surface area (Å²) in [7, 11) is 0. The highest BCUT2D eigenvalue weighted by molar-refractivity contribution is 9.10. The first-order valence-corrected chi connectivity index (χ1v) is 15.3. The van der Waals surface area contributed by atoms with E-state index in [-0.39, 0.29) is 24.5 Å². The highest BCUT2D eigenvalue weighted by atomic mass is 79.9. The first kappa shape index (κ1) is 28.9. The maximum Gasteiger partial charge on any atom is 0.261 e. The summed E-state index contributed by atoms with van der Waals surface area (Å²) in [6.07, 6.45) is 5.84. The Morgan fingerprint density at radius 2 is 1.63 bits per heavy atom. The summed E-state index contributed by atoms with van der Waals surface area (Å²) in [5.74, 6) is 0.263. The number of hydrogen-bond donors (Lipinski definition) is 1. The van der Waals surface area contributed by atoms with Crippen LogP contribution in [-0.2, 0) is 22.6 Å².